The van der Waals surface area contributed by atoms with Crippen LogP contribution in [0.1, 0.15) is 42.0 Å². The van der Waals surface area contributed by atoms with E-state index in [1.165, 1.54) is 6.08 Å². The summed E-state index contributed by atoms with van der Waals surface area (Å²) >= 11 is 0. The minimum Gasteiger partial charge on any atom is -0.460 e. The third-order valence-electron chi connectivity index (χ3n) is 8.02. The lowest BCUT2D eigenvalue weighted by molar-refractivity contribution is -0.148. The normalized spacial score (nSPS) is 15.3. The molecular formula is C34H36N2O5. The highest BCUT2D eigenvalue weighted by Crippen LogP contribution is 2.44. The van der Waals surface area contributed by atoms with Gasteiger partial charge in [-0.05, 0) is 58.1 Å². The van der Waals surface area contributed by atoms with Crippen molar-refractivity contribution in [3.63, 3.8) is 0 Å². The van der Waals surface area contributed by atoms with Crippen LogP contribution in [0.3, 0.4) is 0 Å². The number of hydrogen-bond acceptors (Lipinski definition) is 5. The fourth-order valence-electron chi connectivity index (χ4n) is 5.96. The summed E-state index contributed by atoms with van der Waals surface area (Å²) in [4.78, 5) is 39.6. The van der Waals surface area contributed by atoms with Gasteiger partial charge < -0.3 is 20.1 Å². The van der Waals surface area contributed by atoms with Crippen molar-refractivity contribution in [1.29, 1.82) is 0 Å². The van der Waals surface area contributed by atoms with Crippen molar-refractivity contribution in [3.8, 4) is 11.1 Å². The van der Waals surface area contributed by atoms with Crippen LogP contribution in [0.25, 0.3) is 11.1 Å². The fourth-order valence-corrected chi connectivity index (χ4v) is 5.96. The molecule has 3 aromatic rings. The molecule has 0 radical (unpaired) electrons. The Balaban J connectivity index is 1.31. The molecule has 7 heteroatoms. The number of esters is 1. The van der Waals surface area contributed by atoms with E-state index in [4.69, 9.17) is 9.47 Å². The molecule has 0 spiro atoms. The van der Waals surface area contributed by atoms with E-state index < -0.39 is 30.1 Å². The first-order chi connectivity index (χ1) is 19.9. The van der Waals surface area contributed by atoms with Gasteiger partial charge in [-0.3, -0.25) is 4.79 Å². The predicted molar refractivity (Wildman–Crippen MR) is 157 cm³/mol. The summed E-state index contributed by atoms with van der Waals surface area (Å²) in [6, 6.07) is 22.5. The number of rotatable bonds is 10. The highest BCUT2D eigenvalue weighted by molar-refractivity contribution is 5.90. The van der Waals surface area contributed by atoms with Crippen LogP contribution >= 0.6 is 0 Å². The Labute approximate surface area is 240 Å². The van der Waals surface area contributed by atoms with Gasteiger partial charge in [-0.25, -0.2) is 9.59 Å². The quantitative estimate of drug-likeness (QED) is 0.267. The van der Waals surface area contributed by atoms with Crippen LogP contribution in [0, 0.1) is 11.8 Å². The maximum absolute atomic E-state index is 13.7. The van der Waals surface area contributed by atoms with Gasteiger partial charge in [0.05, 0.1) is 0 Å². The molecule has 0 fully saturated rings. The molecule has 2 N–H and O–H groups in total. The van der Waals surface area contributed by atoms with Gasteiger partial charge in [0.15, 0.2) is 0 Å². The van der Waals surface area contributed by atoms with Crippen LogP contribution in [-0.4, -0.2) is 43.3 Å². The Kier molecular flexibility index (Phi) is 8.53. The third kappa shape index (κ3) is 6.04. The van der Waals surface area contributed by atoms with Crippen molar-refractivity contribution in [2.75, 3.05) is 13.2 Å². The van der Waals surface area contributed by atoms with Gasteiger partial charge in [0, 0.05) is 5.92 Å². The monoisotopic (exact) mass is 552 g/mol. The van der Waals surface area contributed by atoms with Gasteiger partial charge in [-0.2, -0.15) is 0 Å². The molecule has 5 rings (SSSR count). The van der Waals surface area contributed by atoms with Gasteiger partial charge in [0.1, 0.15) is 25.3 Å². The van der Waals surface area contributed by atoms with Crippen molar-refractivity contribution < 1.29 is 23.9 Å². The Hall–Kier alpha value is -4.39. The standard InChI is InChI=1S/C34H36N2O5/c1-4-17-40-33(38)30(21(2)3)35-32(37)31(24-18-22-11-5-6-12-23(22)19-24)36-34(39)41-20-29-27-15-9-7-13-25(27)26-14-8-10-16-28(26)29/h4-16,21,24,29-31H,1,17-20H2,2-3H3,(H,35,37)(H,36,39)/t30-,31-/m0/s1. The molecule has 0 bridgehead atoms. The van der Waals surface area contributed by atoms with E-state index >= 15 is 0 Å². The van der Waals surface area contributed by atoms with E-state index in [1.807, 2.05) is 62.4 Å². The van der Waals surface area contributed by atoms with Crippen LogP contribution in [0.15, 0.2) is 85.5 Å². The summed E-state index contributed by atoms with van der Waals surface area (Å²) in [5.74, 6) is -1.48. The number of benzene rings is 3. The first-order valence-corrected chi connectivity index (χ1v) is 14.1. The maximum Gasteiger partial charge on any atom is 0.407 e. The first kappa shape index (κ1) is 28.1. The first-order valence-electron chi connectivity index (χ1n) is 14.1. The second-order valence-corrected chi connectivity index (χ2v) is 11.0. The van der Waals surface area contributed by atoms with Gasteiger partial charge in [-0.1, -0.05) is 99.3 Å². The van der Waals surface area contributed by atoms with Crippen molar-refractivity contribution in [2.45, 2.75) is 44.7 Å². The van der Waals surface area contributed by atoms with E-state index in [0.29, 0.717) is 12.8 Å². The Morgan fingerprint density at radius 2 is 1.41 bits per heavy atom. The molecule has 0 heterocycles. The SMILES string of the molecule is C=CCOC(=O)[C@@H](NC(=O)[C@@H](NC(=O)OCC1c2ccccc2-c2ccccc21)C1Cc2ccccc2C1)C(C)C. The molecule has 2 amide bonds. The lowest BCUT2D eigenvalue weighted by atomic mass is 9.94. The smallest absolute Gasteiger partial charge is 0.407 e. The van der Waals surface area contributed by atoms with E-state index in [9.17, 15) is 14.4 Å². The molecule has 41 heavy (non-hydrogen) atoms. The molecule has 2 aliphatic carbocycles. The van der Waals surface area contributed by atoms with Crippen molar-refractivity contribution in [2.24, 2.45) is 11.8 Å². The zero-order chi connectivity index (χ0) is 28.9. The zero-order valence-corrected chi connectivity index (χ0v) is 23.5. The third-order valence-corrected chi connectivity index (χ3v) is 8.02. The maximum atomic E-state index is 13.7. The molecule has 0 aromatic heterocycles. The predicted octanol–water partition coefficient (Wildman–Crippen LogP) is 5.18. The molecule has 3 aromatic carbocycles. The summed E-state index contributed by atoms with van der Waals surface area (Å²) in [5.41, 5.74) is 6.80. The van der Waals surface area contributed by atoms with Gasteiger partial charge >= 0.3 is 12.1 Å². The number of alkyl carbamates (subject to hydrolysis) is 1. The zero-order valence-electron chi connectivity index (χ0n) is 23.5. The second-order valence-electron chi connectivity index (χ2n) is 11.0. The number of hydrogen-bond donors (Lipinski definition) is 2. The molecule has 0 saturated heterocycles. The largest absolute Gasteiger partial charge is 0.460 e. The summed E-state index contributed by atoms with van der Waals surface area (Å²) in [5, 5.41) is 5.69. The molecule has 7 nitrogen and oxygen atoms in total. The minimum atomic E-state index is -0.897. The Morgan fingerprint density at radius 1 is 0.854 bits per heavy atom. The number of amides is 2. The molecule has 212 valence electrons. The number of fused-ring (bicyclic) bond motifs is 4. The summed E-state index contributed by atoms with van der Waals surface area (Å²) in [6.45, 7) is 7.43. The highest BCUT2D eigenvalue weighted by Gasteiger charge is 2.38. The lowest BCUT2D eigenvalue weighted by Gasteiger charge is -2.27. The Bertz CT molecular complexity index is 1380. The van der Waals surface area contributed by atoms with Crippen LogP contribution in [-0.2, 0) is 31.9 Å². The fraction of sp³-hybridized carbons (Fsp3) is 0.324. The van der Waals surface area contributed by atoms with E-state index in [2.05, 4.69) is 41.5 Å². The van der Waals surface area contributed by atoms with Crippen molar-refractivity contribution in [3.05, 3.63) is 108 Å². The highest BCUT2D eigenvalue weighted by atomic mass is 16.5. The van der Waals surface area contributed by atoms with E-state index in [-0.39, 0.29) is 31.0 Å². The van der Waals surface area contributed by atoms with Crippen molar-refractivity contribution in [1.82, 2.24) is 10.6 Å². The van der Waals surface area contributed by atoms with Crippen LogP contribution in [0.5, 0.6) is 0 Å². The van der Waals surface area contributed by atoms with E-state index in [0.717, 1.165) is 33.4 Å². The molecular weight excluding hydrogens is 516 g/mol. The molecule has 0 saturated carbocycles. The number of carbonyl (C=O) groups excluding carboxylic acids is 3. The average Bonchev–Trinajstić information content (AvgIpc) is 3.55. The number of nitrogens with one attached hydrogen (secondary N) is 2. The van der Waals surface area contributed by atoms with Crippen LogP contribution in [0.2, 0.25) is 0 Å². The molecule has 0 unspecified atom stereocenters. The van der Waals surface area contributed by atoms with Gasteiger partial charge in [-0.15, -0.1) is 0 Å². The summed E-state index contributed by atoms with van der Waals surface area (Å²) in [7, 11) is 0. The molecule has 0 aliphatic heterocycles. The van der Waals surface area contributed by atoms with E-state index in [1.54, 1.807) is 0 Å². The number of carbonyl (C=O) groups is 3. The van der Waals surface area contributed by atoms with Crippen LogP contribution in [0.4, 0.5) is 4.79 Å². The lowest BCUT2D eigenvalue weighted by Crippen LogP contribution is -2.56. The second kappa shape index (κ2) is 12.4. The Morgan fingerprint density at radius 3 is 1.98 bits per heavy atom. The summed E-state index contributed by atoms with van der Waals surface area (Å²) < 4.78 is 11.0. The van der Waals surface area contributed by atoms with Gasteiger partial charge in [0.2, 0.25) is 5.91 Å². The molecule has 2 aliphatic rings. The molecule has 2 atom stereocenters. The van der Waals surface area contributed by atoms with Crippen LogP contribution < -0.4 is 10.6 Å². The topological polar surface area (TPSA) is 93.7 Å². The summed E-state index contributed by atoms with van der Waals surface area (Å²) in [6.07, 6.45) is 2.07. The van der Waals surface area contributed by atoms with Gasteiger partial charge in [0.25, 0.3) is 0 Å². The average molecular weight is 553 g/mol. The minimum absolute atomic E-state index is 0.0529. The van der Waals surface area contributed by atoms with Crippen molar-refractivity contribution >= 4 is 18.0 Å². The number of ether oxygens (including phenoxy) is 2.